The molecule has 0 unspecified atom stereocenters. The Morgan fingerprint density at radius 3 is 2.91 bits per heavy atom. The van der Waals surface area contributed by atoms with E-state index >= 15 is 0 Å². The van der Waals surface area contributed by atoms with E-state index in [4.69, 9.17) is 4.74 Å². The second kappa shape index (κ2) is 6.73. The van der Waals surface area contributed by atoms with E-state index in [1.54, 1.807) is 0 Å². The van der Waals surface area contributed by atoms with Crippen molar-refractivity contribution >= 4 is 11.7 Å². The van der Waals surface area contributed by atoms with E-state index in [1.807, 2.05) is 44.2 Å². The molecule has 3 rings (SSSR count). The number of aryl methyl sites for hydroxylation is 1. The van der Waals surface area contributed by atoms with Crippen LogP contribution in [-0.4, -0.2) is 18.7 Å². The summed E-state index contributed by atoms with van der Waals surface area (Å²) >= 11 is 0. The number of hydrogen-bond acceptors (Lipinski definition) is 2. The van der Waals surface area contributed by atoms with Crippen molar-refractivity contribution in [1.82, 2.24) is 5.32 Å². The normalized spacial score (nSPS) is 13.8. The number of ether oxygens (including phenoxy) is 1. The number of benzene rings is 2. The molecule has 0 saturated heterocycles. The lowest BCUT2D eigenvalue weighted by Crippen LogP contribution is -2.37. The fourth-order valence-electron chi connectivity index (χ4n) is 2.87. The predicted octanol–water partition coefficient (Wildman–Crippen LogP) is 3.68. The molecule has 0 radical (unpaired) electrons. The third-order valence-electron chi connectivity index (χ3n) is 4.07. The molecular formula is C19H22N2O2. The van der Waals surface area contributed by atoms with Gasteiger partial charge in [-0.05, 0) is 49.1 Å². The zero-order valence-corrected chi connectivity index (χ0v) is 13.6. The van der Waals surface area contributed by atoms with Gasteiger partial charge in [0, 0.05) is 18.2 Å². The number of nitrogens with one attached hydrogen (secondary N) is 2. The average Bonchev–Trinajstić information content (AvgIpc) is 2.97. The summed E-state index contributed by atoms with van der Waals surface area (Å²) in [6.45, 7) is 4.76. The Hall–Kier alpha value is -2.49. The summed E-state index contributed by atoms with van der Waals surface area (Å²) in [5.41, 5.74) is 4.37. The number of para-hydroxylation sites is 1. The molecule has 2 N–H and O–H groups in total. The Balaban J connectivity index is 1.55. The molecule has 0 aromatic heterocycles. The molecular weight excluding hydrogens is 288 g/mol. The predicted molar refractivity (Wildman–Crippen MR) is 92.1 cm³/mol. The smallest absolute Gasteiger partial charge is 0.319 e. The van der Waals surface area contributed by atoms with Crippen LogP contribution in [0.3, 0.4) is 0 Å². The van der Waals surface area contributed by atoms with Crippen molar-refractivity contribution in [2.24, 2.45) is 0 Å². The number of carbonyl (C=O) groups is 1. The first-order valence-corrected chi connectivity index (χ1v) is 7.99. The number of rotatable bonds is 4. The van der Waals surface area contributed by atoms with Crippen molar-refractivity contribution in [3.8, 4) is 5.75 Å². The number of carbonyl (C=O) groups excluding carboxylic acids is 1. The van der Waals surface area contributed by atoms with Gasteiger partial charge < -0.3 is 15.4 Å². The molecule has 4 nitrogen and oxygen atoms in total. The average molecular weight is 310 g/mol. The summed E-state index contributed by atoms with van der Waals surface area (Å²) in [5, 5.41) is 5.89. The quantitative estimate of drug-likeness (QED) is 0.905. The summed E-state index contributed by atoms with van der Waals surface area (Å²) < 4.78 is 5.52. The van der Waals surface area contributed by atoms with Gasteiger partial charge >= 0.3 is 6.03 Å². The lowest BCUT2D eigenvalue weighted by atomic mass is 10.0. The minimum atomic E-state index is -0.170. The first-order chi connectivity index (χ1) is 11.1. The van der Waals surface area contributed by atoms with Crippen LogP contribution in [0.5, 0.6) is 5.75 Å². The van der Waals surface area contributed by atoms with Crippen LogP contribution >= 0.6 is 0 Å². The van der Waals surface area contributed by atoms with E-state index in [9.17, 15) is 4.79 Å². The Morgan fingerprint density at radius 1 is 1.26 bits per heavy atom. The van der Waals surface area contributed by atoms with E-state index in [-0.39, 0.29) is 12.1 Å². The zero-order chi connectivity index (χ0) is 16.2. The summed E-state index contributed by atoms with van der Waals surface area (Å²) in [6, 6.07) is 13.9. The fraction of sp³-hybridized carbons (Fsp3) is 0.316. The maximum absolute atomic E-state index is 12.1. The number of urea groups is 1. The maximum Gasteiger partial charge on any atom is 0.319 e. The van der Waals surface area contributed by atoms with Crippen molar-refractivity contribution in [2.45, 2.75) is 32.7 Å². The maximum atomic E-state index is 12.1. The lowest BCUT2D eigenvalue weighted by Gasteiger charge is -2.16. The third-order valence-corrected chi connectivity index (χ3v) is 4.07. The van der Waals surface area contributed by atoms with Gasteiger partial charge in [-0.15, -0.1) is 0 Å². The van der Waals surface area contributed by atoms with E-state index in [1.165, 1.54) is 11.1 Å². The second-order valence-corrected chi connectivity index (χ2v) is 6.06. The van der Waals surface area contributed by atoms with Gasteiger partial charge in [-0.2, -0.15) is 0 Å². The fourth-order valence-corrected chi connectivity index (χ4v) is 2.87. The van der Waals surface area contributed by atoms with Crippen LogP contribution in [0.1, 0.15) is 23.6 Å². The van der Waals surface area contributed by atoms with E-state index in [0.717, 1.165) is 36.4 Å². The molecule has 2 aromatic rings. The highest BCUT2D eigenvalue weighted by Gasteiger charge is 2.14. The second-order valence-electron chi connectivity index (χ2n) is 6.06. The van der Waals surface area contributed by atoms with Crippen LogP contribution in [0.15, 0.2) is 42.5 Å². The molecule has 1 atom stereocenters. The Kier molecular flexibility index (Phi) is 4.51. The Bertz CT molecular complexity index is 712. The molecule has 0 spiro atoms. The van der Waals surface area contributed by atoms with Gasteiger partial charge in [0.15, 0.2) is 0 Å². The van der Waals surface area contributed by atoms with Crippen LogP contribution in [0, 0.1) is 6.92 Å². The number of anilines is 1. The van der Waals surface area contributed by atoms with Crippen molar-refractivity contribution in [1.29, 1.82) is 0 Å². The van der Waals surface area contributed by atoms with E-state index in [2.05, 4.69) is 22.8 Å². The van der Waals surface area contributed by atoms with Crippen molar-refractivity contribution in [2.75, 3.05) is 11.9 Å². The molecule has 0 aliphatic carbocycles. The monoisotopic (exact) mass is 310 g/mol. The van der Waals surface area contributed by atoms with Crippen LogP contribution < -0.4 is 15.4 Å². The number of hydrogen-bond donors (Lipinski definition) is 2. The van der Waals surface area contributed by atoms with Crippen LogP contribution in [-0.2, 0) is 12.8 Å². The first-order valence-electron chi connectivity index (χ1n) is 7.99. The summed E-state index contributed by atoms with van der Waals surface area (Å²) in [7, 11) is 0. The van der Waals surface area contributed by atoms with Gasteiger partial charge in [0.25, 0.3) is 0 Å². The van der Waals surface area contributed by atoms with Crippen LogP contribution in [0.4, 0.5) is 10.5 Å². The summed E-state index contributed by atoms with van der Waals surface area (Å²) in [4.78, 5) is 12.1. The molecule has 2 aromatic carbocycles. The highest BCUT2D eigenvalue weighted by Crippen LogP contribution is 2.26. The van der Waals surface area contributed by atoms with Crippen molar-refractivity contribution in [3.63, 3.8) is 0 Å². The van der Waals surface area contributed by atoms with Gasteiger partial charge in [0.2, 0.25) is 0 Å². The Morgan fingerprint density at radius 2 is 2.09 bits per heavy atom. The van der Waals surface area contributed by atoms with Crippen molar-refractivity contribution in [3.05, 3.63) is 59.2 Å². The highest BCUT2D eigenvalue weighted by atomic mass is 16.5. The third kappa shape index (κ3) is 3.83. The molecule has 0 saturated carbocycles. The largest absolute Gasteiger partial charge is 0.493 e. The van der Waals surface area contributed by atoms with Crippen LogP contribution in [0.2, 0.25) is 0 Å². The topological polar surface area (TPSA) is 50.4 Å². The van der Waals surface area contributed by atoms with Gasteiger partial charge in [-0.1, -0.05) is 30.3 Å². The number of fused-ring (bicyclic) bond motifs is 1. The molecule has 1 aliphatic heterocycles. The minimum Gasteiger partial charge on any atom is -0.493 e. The van der Waals surface area contributed by atoms with Gasteiger partial charge in [0.1, 0.15) is 5.75 Å². The molecule has 4 heteroatoms. The SMILES string of the molecule is Cc1ccccc1NC(=O)N[C@H](C)Cc1ccc2c(c1)CCO2. The molecule has 0 fully saturated rings. The molecule has 1 aliphatic rings. The molecule has 2 amide bonds. The Labute approximate surface area is 136 Å². The van der Waals surface area contributed by atoms with E-state index in [0.29, 0.717) is 0 Å². The van der Waals surface area contributed by atoms with Gasteiger partial charge in [-0.3, -0.25) is 0 Å². The van der Waals surface area contributed by atoms with Gasteiger partial charge in [0.05, 0.1) is 6.61 Å². The lowest BCUT2D eigenvalue weighted by molar-refractivity contribution is 0.249. The van der Waals surface area contributed by atoms with Gasteiger partial charge in [-0.25, -0.2) is 4.79 Å². The summed E-state index contributed by atoms with van der Waals surface area (Å²) in [6.07, 6.45) is 1.77. The summed E-state index contributed by atoms with van der Waals surface area (Å²) in [5.74, 6) is 0.992. The zero-order valence-electron chi connectivity index (χ0n) is 13.6. The minimum absolute atomic E-state index is 0.0550. The first kappa shape index (κ1) is 15.4. The van der Waals surface area contributed by atoms with Crippen molar-refractivity contribution < 1.29 is 9.53 Å². The van der Waals surface area contributed by atoms with E-state index < -0.39 is 0 Å². The molecule has 0 bridgehead atoms. The molecule has 120 valence electrons. The van der Waals surface area contributed by atoms with Crippen LogP contribution in [0.25, 0.3) is 0 Å². The molecule has 1 heterocycles. The molecule has 23 heavy (non-hydrogen) atoms. The number of amides is 2. The standard InChI is InChI=1S/C19H22N2O2/c1-13-5-3-4-6-17(13)21-19(22)20-14(2)11-15-7-8-18-16(12-15)9-10-23-18/h3-8,12,14H,9-11H2,1-2H3,(H2,20,21,22)/t14-/m1/s1. The highest BCUT2D eigenvalue weighted by molar-refractivity contribution is 5.90.